The van der Waals surface area contributed by atoms with Crippen LogP contribution in [-0.4, -0.2) is 28.5 Å². The van der Waals surface area contributed by atoms with Crippen molar-refractivity contribution < 1.29 is 0 Å². The van der Waals surface area contributed by atoms with Crippen LogP contribution in [0.2, 0.25) is 0 Å². The number of benzene rings is 1. The molecule has 0 saturated carbocycles. The second-order valence-electron chi connectivity index (χ2n) is 4.61. The van der Waals surface area contributed by atoms with E-state index in [1.165, 1.54) is 0 Å². The van der Waals surface area contributed by atoms with E-state index in [2.05, 4.69) is 17.1 Å². The lowest BCUT2D eigenvalue weighted by molar-refractivity contribution is 0.281. The van der Waals surface area contributed by atoms with Crippen LogP contribution in [-0.2, 0) is 6.54 Å². The Bertz CT molecular complexity index is 654. The quantitative estimate of drug-likeness (QED) is 0.790. The molecule has 2 aromatic rings. The third kappa shape index (κ3) is 2.36. The van der Waals surface area contributed by atoms with Gasteiger partial charge in [-0.25, -0.2) is 0 Å². The summed E-state index contributed by atoms with van der Waals surface area (Å²) in [6.45, 7) is 1.34. The molecular formula is C14H13Cl2N3. The topological polar surface area (TPSA) is 19.4 Å². The van der Waals surface area contributed by atoms with Gasteiger partial charge in [0.25, 0.3) is 0 Å². The number of rotatable bonds is 2. The van der Waals surface area contributed by atoms with Crippen molar-refractivity contribution in [2.45, 2.75) is 6.54 Å². The molecule has 1 aliphatic heterocycles. The normalized spacial score (nSPS) is 15.7. The van der Waals surface area contributed by atoms with E-state index in [9.17, 15) is 0 Å². The Morgan fingerprint density at radius 2 is 1.89 bits per heavy atom. The van der Waals surface area contributed by atoms with Crippen molar-refractivity contribution in [1.82, 2.24) is 14.8 Å². The Kier molecular flexibility index (Phi) is 3.25. The summed E-state index contributed by atoms with van der Waals surface area (Å²) in [5.74, 6) is 0. The fourth-order valence-electron chi connectivity index (χ4n) is 2.18. The van der Waals surface area contributed by atoms with Crippen molar-refractivity contribution >= 4 is 34.1 Å². The van der Waals surface area contributed by atoms with E-state index >= 15 is 0 Å². The molecular weight excluding hydrogens is 281 g/mol. The van der Waals surface area contributed by atoms with Crippen LogP contribution in [0.5, 0.6) is 0 Å². The van der Waals surface area contributed by atoms with Gasteiger partial charge in [0.2, 0.25) is 0 Å². The van der Waals surface area contributed by atoms with E-state index in [1.807, 2.05) is 41.1 Å². The molecule has 2 heterocycles. The molecule has 1 aromatic heterocycles. The molecule has 5 heteroatoms. The second-order valence-corrected chi connectivity index (χ2v) is 5.33. The Labute approximate surface area is 122 Å². The Morgan fingerprint density at radius 3 is 2.63 bits per heavy atom. The number of para-hydroxylation sites is 1. The van der Waals surface area contributed by atoms with Gasteiger partial charge < -0.3 is 9.80 Å². The third-order valence-electron chi connectivity index (χ3n) is 3.17. The number of aromatic nitrogens is 1. The molecule has 0 fully saturated rings. The van der Waals surface area contributed by atoms with Crippen molar-refractivity contribution in [1.29, 1.82) is 0 Å². The Balaban J connectivity index is 1.86. The van der Waals surface area contributed by atoms with Crippen LogP contribution in [0.1, 0.15) is 5.69 Å². The van der Waals surface area contributed by atoms with Gasteiger partial charge in [0.1, 0.15) is 10.3 Å². The van der Waals surface area contributed by atoms with Crippen LogP contribution >= 0.6 is 23.2 Å². The molecule has 0 atom stereocenters. The van der Waals surface area contributed by atoms with Crippen molar-refractivity contribution in [2.75, 3.05) is 13.7 Å². The van der Waals surface area contributed by atoms with E-state index in [0.29, 0.717) is 23.5 Å². The zero-order valence-corrected chi connectivity index (χ0v) is 12.0. The smallest absolute Gasteiger partial charge is 0.142 e. The molecule has 0 aliphatic carbocycles. The van der Waals surface area contributed by atoms with Gasteiger partial charge in [0.05, 0.1) is 24.4 Å². The summed E-state index contributed by atoms with van der Waals surface area (Å²) in [5.41, 5.74) is 1.98. The SMILES string of the molecule is CN1CN(Cc2ccc3ccccc3n2)C(Cl)=C1Cl. The predicted molar refractivity (Wildman–Crippen MR) is 78.6 cm³/mol. The molecule has 1 aromatic carbocycles. The molecule has 0 amide bonds. The largest absolute Gasteiger partial charge is 0.345 e. The number of hydrogen-bond donors (Lipinski definition) is 0. The average Bonchev–Trinajstić information content (AvgIpc) is 2.66. The van der Waals surface area contributed by atoms with Gasteiger partial charge >= 0.3 is 0 Å². The van der Waals surface area contributed by atoms with Gasteiger partial charge in [-0.2, -0.15) is 0 Å². The summed E-state index contributed by atoms with van der Waals surface area (Å²) in [7, 11) is 1.92. The Hall–Kier alpha value is -1.45. The number of hydrogen-bond acceptors (Lipinski definition) is 3. The fourth-order valence-corrected chi connectivity index (χ4v) is 2.61. The number of pyridine rings is 1. The lowest BCUT2D eigenvalue weighted by Gasteiger charge is -2.19. The van der Waals surface area contributed by atoms with Crippen molar-refractivity contribution in [2.24, 2.45) is 0 Å². The van der Waals surface area contributed by atoms with E-state index in [1.54, 1.807) is 0 Å². The monoisotopic (exact) mass is 293 g/mol. The first-order chi connectivity index (χ1) is 9.15. The van der Waals surface area contributed by atoms with E-state index in [0.717, 1.165) is 16.6 Å². The summed E-state index contributed by atoms with van der Waals surface area (Å²) in [5, 5.41) is 2.31. The minimum atomic E-state index is 0.583. The van der Waals surface area contributed by atoms with Crippen LogP contribution in [0.15, 0.2) is 46.7 Å². The molecule has 3 nitrogen and oxygen atoms in total. The molecule has 0 spiro atoms. The summed E-state index contributed by atoms with van der Waals surface area (Å²) in [6, 6.07) is 12.2. The van der Waals surface area contributed by atoms with Gasteiger partial charge in [-0.05, 0) is 12.1 Å². The maximum atomic E-state index is 6.20. The number of fused-ring (bicyclic) bond motifs is 1. The lowest BCUT2D eigenvalue weighted by atomic mass is 10.2. The molecule has 98 valence electrons. The highest BCUT2D eigenvalue weighted by atomic mass is 35.5. The lowest BCUT2D eigenvalue weighted by Crippen LogP contribution is -2.24. The maximum absolute atomic E-state index is 6.20. The molecule has 3 rings (SSSR count). The van der Waals surface area contributed by atoms with E-state index in [4.69, 9.17) is 23.2 Å². The van der Waals surface area contributed by atoms with Crippen LogP contribution < -0.4 is 0 Å². The van der Waals surface area contributed by atoms with Crippen molar-refractivity contribution in [3.05, 3.63) is 52.4 Å². The highest BCUT2D eigenvalue weighted by Gasteiger charge is 2.24. The maximum Gasteiger partial charge on any atom is 0.142 e. The van der Waals surface area contributed by atoms with Gasteiger partial charge in [-0.1, -0.05) is 47.5 Å². The second kappa shape index (κ2) is 4.91. The fraction of sp³-hybridized carbons (Fsp3) is 0.214. The zero-order chi connectivity index (χ0) is 13.4. The summed E-state index contributed by atoms with van der Waals surface area (Å²) < 4.78 is 0. The van der Waals surface area contributed by atoms with Gasteiger partial charge in [0, 0.05) is 12.4 Å². The number of halogens is 2. The van der Waals surface area contributed by atoms with E-state index in [-0.39, 0.29) is 0 Å². The number of nitrogens with zero attached hydrogens (tertiary/aromatic N) is 3. The molecule has 0 saturated heterocycles. The zero-order valence-electron chi connectivity index (χ0n) is 10.5. The molecule has 0 bridgehead atoms. The van der Waals surface area contributed by atoms with Crippen LogP contribution in [0.25, 0.3) is 10.9 Å². The van der Waals surface area contributed by atoms with Crippen LogP contribution in [0, 0.1) is 0 Å². The van der Waals surface area contributed by atoms with Gasteiger partial charge in [-0.3, -0.25) is 4.98 Å². The van der Waals surface area contributed by atoms with Gasteiger partial charge in [-0.15, -0.1) is 0 Å². The molecule has 1 aliphatic rings. The van der Waals surface area contributed by atoms with E-state index < -0.39 is 0 Å². The highest BCUT2D eigenvalue weighted by Crippen LogP contribution is 2.29. The first-order valence-corrected chi connectivity index (χ1v) is 6.77. The standard InChI is InChI=1S/C14H13Cl2N3/c1-18-9-19(14(16)13(18)15)8-11-7-6-10-4-2-3-5-12(10)17-11/h2-7H,8-9H2,1H3. The molecule has 19 heavy (non-hydrogen) atoms. The predicted octanol–water partition coefficient (Wildman–Crippen LogP) is 3.54. The minimum Gasteiger partial charge on any atom is -0.345 e. The summed E-state index contributed by atoms with van der Waals surface area (Å²) in [6.07, 6.45) is 0. The average molecular weight is 294 g/mol. The highest BCUT2D eigenvalue weighted by molar-refractivity contribution is 6.38. The summed E-state index contributed by atoms with van der Waals surface area (Å²) in [4.78, 5) is 8.55. The molecule has 0 radical (unpaired) electrons. The van der Waals surface area contributed by atoms with Crippen LogP contribution in [0.4, 0.5) is 0 Å². The van der Waals surface area contributed by atoms with Crippen LogP contribution in [0.3, 0.4) is 0 Å². The van der Waals surface area contributed by atoms with Gasteiger partial charge in [0.15, 0.2) is 0 Å². The Morgan fingerprint density at radius 1 is 1.11 bits per heavy atom. The first kappa shape index (κ1) is 12.6. The third-order valence-corrected chi connectivity index (χ3v) is 4.16. The molecule has 0 unspecified atom stereocenters. The minimum absolute atomic E-state index is 0.583. The molecule has 0 N–H and O–H groups in total. The van der Waals surface area contributed by atoms with Crippen molar-refractivity contribution in [3.8, 4) is 0 Å². The van der Waals surface area contributed by atoms with Crippen molar-refractivity contribution in [3.63, 3.8) is 0 Å². The first-order valence-electron chi connectivity index (χ1n) is 6.01. The summed E-state index contributed by atoms with van der Waals surface area (Å²) >= 11 is 12.3.